The van der Waals surface area contributed by atoms with Gasteiger partial charge in [-0.1, -0.05) is 37.3 Å². The van der Waals surface area contributed by atoms with Crippen LogP contribution in [0.25, 0.3) is 0 Å². The van der Waals surface area contributed by atoms with Crippen LogP contribution >= 0.6 is 0 Å². The summed E-state index contributed by atoms with van der Waals surface area (Å²) in [5.74, 6) is -1.15. The van der Waals surface area contributed by atoms with Crippen molar-refractivity contribution in [2.75, 3.05) is 0 Å². The Kier molecular flexibility index (Phi) is 4.50. The van der Waals surface area contributed by atoms with Crippen molar-refractivity contribution in [2.24, 2.45) is 0 Å². The van der Waals surface area contributed by atoms with Crippen LogP contribution in [-0.2, 0) is 14.4 Å². The van der Waals surface area contributed by atoms with Crippen LogP contribution in [0.5, 0.6) is 0 Å². The van der Waals surface area contributed by atoms with Gasteiger partial charge < -0.3 is 5.32 Å². The highest BCUT2D eigenvalue weighted by atomic mass is 16.2. The van der Waals surface area contributed by atoms with E-state index in [1.165, 1.54) is 0 Å². The number of hydrogen-bond donors (Lipinski definition) is 2. The smallest absolute Gasteiger partial charge is 0.249 e. The number of carbonyl (C=O) groups is 3. The standard InChI is InChI=1S/C15H18N2O3/c1-2-11(10-6-4-3-5-7-10)14(19)16-12-8-9-13(18)17-15(12)20/h3-7,11-12H,2,8-9H2,1H3,(H,16,19)(H,17,18,20). The molecule has 0 spiro atoms. The third-order valence-electron chi connectivity index (χ3n) is 3.48. The molecule has 106 valence electrons. The Hall–Kier alpha value is -2.17. The maximum Gasteiger partial charge on any atom is 0.249 e. The van der Waals surface area contributed by atoms with Gasteiger partial charge in [0, 0.05) is 6.42 Å². The Bertz CT molecular complexity index is 513. The molecule has 1 aromatic rings. The highest BCUT2D eigenvalue weighted by Gasteiger charge is 2.30. The minimum atomic E-state index is -0.613. The van der Waals surface area contributed by atoms with Crippen molar-refractivity contribution in [1.29, 1.82) is 0 Å². The molecular weight excluding hydrogens is 256 g/mol. The lowest BCUT2D eigenvalue weighted by Crippen LogP contribution is -2.53. The molecule has 2 atom stereocenters. The summed E-state index contributed by atoms with van der Waals surface area (Å²) in [4.78, 5) is 35.0. The Balaban J connectivity index is 2.03. The van der Waals surface area contributed by atoms with Gasteiger partial charge in [-0.25, -0.2) is 0 Å². The van der Waals surface area contributed by atoms with Crippen molar-refractivity contribution in [1.82, 2.24) is 10.6 Å². The summed E-state index contributed by atoms with van der Waals surface area (Å²) in [6.45, 7) is 1.93. The molecule has 0 bridgehead atoms. The molecule has 3 amide bonds. The van der Waals surface area contributed by atoms with Gasteiger partial charge in [0.25, 0.3) is 0 Å². The fraction of sp³-hybridized carbons (Fsp3) is 0.400. The van der Waals surface area contributed by atoms with E-state index in [4.69, 9.17) is 0 Å². The maximum atomic E-state index is 12.3. The van der Waals surface area contributed by atoms with Gasteiger partial charge in [0.2, 0.25) is 17.7 Å². The third-order valence-corrected chi connectivity index (χ3v) is 3.48. The van der Waals surface area contributed by atoms with Crippen LogP contribution < -0.4 is 10.6 Å². The number of carbonyl (C=O) groups excluding carboxylic acids is 3. The molecule has 1 saturated heterocycles. The Morgan fingerprint density at radius 2 is 2.05 bits per heavy atom. The molecule has 2 rings (SSSR count). The summed E-state index contributed by atoms with van der Waals surface area (Å²) in [6.07, 6.45) is 1.28. The summed E-state index contributed by atoms with van der Waals surface area (Å²) in [5.41, 5.74) is 0.930. The highest BCUT2D eigenvalue weighted by Crippen LogP contribution is 2.20. The van der Waals surface area contributed by atoms with Gasteiger partial charge in [0.15, 0.2) is 0 Å². The molecule has 5 heteroatoms. The molecule has 1 aromatic carbocycles. The average molecular weight is 274 g/mol. The normalized spacial score (nSPS) is 20.1. The molecule has 2 N–H and O–H groups in total. The maximum absolute atomic E-state index is 12.3. The topological polar surface area (TPSA) is 75.3 Å². The molecule has 0 aliphatic carbocycles. The Labute approximate surface area is 117 Å². The van der Waals surface area contributed by atoms with Crippen LogP contribution in [0.3, 0.4) is 0 Å². The zero-order chi connectivity index (χ0) is 14.5. The zero-order valence-electron chi connectivity index (χ0n) is 11.4. The summed E-state index contributed by atoms with van der Waals surface area (Å²) in [6, 6.07) is 8.86. The quantitative estimate of drug-likeness (QED) is 0.807. The van der Waals surface area contributed by atoms with E-state index in [-0.39, 0.29) is 24.2 Å². The minimum absolute atomic E-state index is 0.173. The van der Waals surface area contributed by atoms with Gasteiger partial charge in [-0.05, 0) is 18.4 Å². The van der Waals surface area contributed by atoms with Gasteiger partial charge in [0.1, 0.15) is 6.04 Å². The van der Waals surface area contributed by atoms with Crippen molar-refractivity contribution >= 4 is 17.7 Å². The molecule has 1 fully saturated rings. The third kappa shape index (κ3) is 3.23. The van der Waals surface area contributed by atoms with Crippen molar-refractivity contribution in [3.63, 3.8) is 0 Å². The van der Waals surface area contributed by atoms with E-state index in [1.807, 2.05) is 37.3 Å². The predicted octanol–water partition coefficient (Wildman–Crippen LogP) is 1.10. The molecule has 1 aliphatic rings. The van der Waals surface area contributed by atoms with E-state index in [1.54, 1.807) is 0 Å². The summed E-state index contributed by atoms with van der Waals surface area (Å²) < 4.78 is 0. The molecule has 0 radical (unpaired) electrons. The lowest BCUT2D eigenvalue weighted by molar-refractivity contribution is -0.137. The van der Waals surface area contributed by atoms with Gasteiger partial charge >= 0.3 is 0 Å². The van der Waals surface area contributed by atoms with Crippen LogP contribution in [0.2, 0.25) is 0 Å². The van der Waals surface area contributed by atoms with E-state index in [0.717, 1.165) is 5.56 Å². The Morgan fingerprint density at radius 1 is 1.35 bits per heavy atom. The molecule has 1 heterocycles. The lowest BCUT2D eigenvalue weighted by atomic mass is 9.94. The average Bonchev–Trinajstić information content (AvgIpc) is 2.44. The number of hydrogen-bond acceptors (Lipinski definition) is 3. The zero-order valence-corrected chi connectivity index (χ0v) is 11.4. The van der Waals surface area contributed by atoms with Crippen molar-refractivity contribution in [3.8, 4) is 0 Å². The van der Waals surface area contributed by atoms with E-state index < -0.39 is 11.9 Å². The molecular formula is C15H18N2O3. The van der Waals surface area contributed by atoms with Gasteiger partial charge in [0.05, 0.1) is 5.92 Å². The summed E-state index contributed by atoms with van der Waals surface area (Å²) >= 11 is 0. The van der Waals surface area contributed by atoms with Crippen LogP contribution in [0.4, 0.5) is 0 Å². The first-order chi connectivity index (χ1) is 9.61. The van der Waals surface area contributed by atoms with Crippen LogP contribution in [0.1, 0.15) is 37.7 Å². The highest BCUT2D eigenvalue weighted by molar-refractivity contribution is 6.02. The van der Waals surface area contributed by atoms with Gasteiger partial charge in [-0.3, -0.25) is 19.7 Å². The number of piperidine rings is 1. The fourth-order valence-corrected chi connectivity index (χ4v) is 2.36. The van der Waals surface area contributed by atoms with Crippen molar-refractivity contribution < 1.29 is 14.4 Å². The second-order valence-corrected chi connectivity index (χ2v) is 4.88. The molecule has 5 nitrogen and oxygen atoms in total. The largest absolute Gasteiger partial charge is 0.344 e. The molecule has 0 aromatic heterocycles. The molecule has 0 saturated carbocycles. The van der Waals surface area contributed by atoms with Gasteiger partial charge in [-0.2, -0.15) is 0 Å². The number of imide groups is 1. The number of benzene rings is 1. The van der Waals surface area contributed by atoms with Crippen LogP contribution in [0, 0.1) is 0 Å². The van der Waals surface area contributed by atoms with Crippen LogP contribution in [-0.4, -0.2) is 23.8 Å². The molecule has 20 heavy (non-hydrogen) atoms. The van der Waals surface area contributed by atoms with E-state index >= 15 is 0 Å². The molecule has 1 aliphatic heterocycles. The monoisotopic (exact) mass is 274 g/mol. The summed E-state index contributed by atoms with van der Waals surface area (Å²) in [5, 5.41) is 4.97. The number of rotatable bonds is 4. The first-order valence-electron chi connectivity index (χ1n) is 6.80. The van der Waals surface area contributed by atoms with E-state index in [9.17, 15) is 14.4 Å². The first kappa shape index (κ1) is 14.2. The lowest BCUT2D eigenvalue weighted by Gasteiger charge is -2.24. The second kappa shape index (κ2) is 6.32. The number of nitrogens with one attached hydrogen (secondary N) is 2. The first-order valence-corrected chi connectivity index (χ1v) is 6.80. The van der Waals surface area contributed by atoms with Crippen LogP contribution in [0.15, 0.2) is 30.3 Å². The van der Waals surface area contributed by atoms with Crippen molar-refractivity contribution in [3.05, 3.63) is 35.9 Å². The minimum Gasteiger partial charge on any atom is -0.344 e. The SMILES string of the molecule is CCC(C(=O)NC1CCC(=O)NC1=O)c1ccccc1. The Morgan fingerprint density at radius 3 is 2.65 bits per heavy atom. The molecule has 2 unspecified atom stereocenters. The second-order valence-electron chi connectivity index (χ2n) is 4.88. The number of amides is 3. The summed E-state index contributed by atoms with van der Waals surface area (Å²) in [7, 11) is 0. The van der Waals surface area contributed by atoms with E-state index in [2.05, 4.69) is 10.6 Å². The van der Waals surface area contributed by atoms with Gasteiger partial charge in [-0.15, -0.1) is 0 Å². The fourth-order valence-electron chi connectivity index (χ4n) is 2.36. The van der Waals surface area contributed by atoms with Crippen molar-refractivity contribution in [2.45, 2.75) is 38.1 Å². The predicted molar refractivity (Wildman–Crippen MR) is 73.8 cm³/mol. The van der Waals surface area contributed by atoms with E-state index in [0.29, 0.717) is 12.8 Å².